The molecule has 3 heterocycles. The van der Waals surface area contributed by atoms with Crippen molar-refractivity contribution in [1.29, 1.82) is 0 Å². The fourth-order valence-corrected chi connectivity index (χ4v) is 4.91. The number of para-hydroxylation sites is 1. The normalized spacial score (nSPS) is 15.5. The first kappa shape index (κ1) is 23.5. The molecule has 176 valence electrons. The molecule has 8 nitrogen and oxygen atoms in total. The summed E-state index contributed by atoms with van der Waals surface area (Å²) in [6.45, 7) is 6.48. The number of hydrogen-bond donors (Lipinski definition) is 1. The number of rotatable bonds is 8. The molecule has 1 aliphatic heterocycles. The Balaban J connectivity index is 1.52. The second-order valence-electron chi connectivity index (χ2n) is 8.41. The molecule has 0 bridgehead atoms. The minimum atomic E-state index is -0.0236. The number of fused-ring (bicyclic) bond motifs is 1. The third-order valence-corrected chi connectivity index (χ3v) is 6.91. The first-order chi connectivity index (χ1) is 16.0. The average Bonchev–Trinajstić information content (AvgIpc) is 3.26. The fourth-order valence-electron chi connectivity index (χ4n) is 4.57. The maximum absolute atomic E-state index is 13.0. The second-order valence-corrected chi connectivity index (χ2v) is 9.18. The van der Waals surface area contributed by atoms with Crippen LogP contribution in [0.25, 0.3) is 5.78 Å². The Labute approximate surface area is 199 Å². The molecule has 1 amide bonds. The van der Waals surface area contributed by atoms with Crippen LogP contribution in [0, 0.1) is 13.8 Å². The molecule has 0 aliphatic carbocycles. The highest BCUT2D eigenvalue weighted by Gasteiger charge is 2.25. The maximum Gasteiger partial charge on any atom is 0.253 e. The van der Waals surface area contributed by atoms with Crippen LogP contribution in [0.1, 0.15) is 47.8 Å². The van der Waals surface area contributed by atoms with Gasteiger partial charge >= 0.3 is 0 Å². The van der Waals surface area contributed by atoms with Gasteiger partial charge in [-0.15, -0.1) is 5.10 Å². The molecule has 0 radical (unpaired) electrons. The standard InChI is InChI=1S/C24H32N6O2S/c1-16-19(17(2)30-23(26-16)27-24(28-30)33-4)14-22(31)25-15-20(29-12-8-5-9-13-29)18-10-6-7-11-21(18)32-3/h6-7,10-11,20H,5,8-9,12-15H2,1-4H3,(H,25,31)/t20-/m0/s1. The van der Waals surface area contributed by atoms with Crippen molar-refractivity contribution in [1.82, 2.24) is 29.8 Å². The Morgan fingerprint density at radius 1 is 1.18 bits per heavy atom. The van der Waals surface area contributed by atoms with Crippen LogP contribution in [0.5, 0.6) is 5.75 Å². The lowest BCUT2D eigenvalue weighted by atomic mass is 10.00. The zero-order valence-electron chi connectivity index (χ0n) is 19.8. The molecule has 3 aromatic rings. The quantitative estimate of drug-likeness (QED) is 0.508. The number of thioether (sulfide) groups is 1. The van der Waals surface area contributed by atoms with E-state index in [4.69, 9.17) is 4.74 Å². The lowest BCUT2D eigenvalue weighted by Crippen LogP contribution is -2.41. The van der Waals surface area contributed by atoms with Gasteiger partial charge in [-0.2, -0.15) is 4.98 Å². The topological polar surface area (TPSA) is 84.6 Å². The number of carbonyl (C=O) groups excluding carboxylic acids is 1. The molecule has 0 spiro atoms. The van der Waals surface area contributed by atoms with E-state index in [0.29, 0.717) is 17.5 Å². The summed E-state index contributed by atoms with van der Waals surface area (Å²) in [5, 5.41) is 8.35. The molecule has 1 fully saturated rings. The number of nitrogens with zero attached hydrogens (tertiary/aromatic N) is 5. The van der Waals surface area contributed by atoms with Gasteiger partial charge in [0, 0.05) is 29.1 Å². The average molecular weight is 469 g/mol. The summed E-state index contributed by atoms with van der Waals surface area (Å²) in [5.74, 6) is 1.41. The van der Waals surface area contributed by atoms with Gasteiger partial charge in [0.05, 0.1) is 19.6 Å². The van der Waals surface area contributed by atoms with E-state index < -0.39 is 0 Å². The highest BCUT2D eigenvalue weighted by molar-refractivity contribution is 7.98. The van der Waals surface area contributed by atoms with Crippen LogP contribution in [0.3, 0.4) is 0 Å². The van der Waals surface area contributed by atoms with Crippen LogP contribution in [0.15, 0.2) is 29.4 Å². The summed E-state index contributed by atoms with van der Waals surface area (Å²) in [6.07, 6.45) is 5.81. The predicted molar refractivity (Wildman–Crippen MR) is 130 cm³/mol. The van der Waals surface area contributed by atoms with Gasteiger partial charge in [-0.25, -0.2) is 9.50 Å². The van der Waals surface area contributed by atoms with E-state index in [1.165, 1.54) is 31.0 Å². The van der Waals surface area contributed by atoms with Gasteiger partial charge in [0.1, 0.15) is 5.75 Å². The monoisotopic (exact) mass is 468 g/mol. The van der Waals surface area contributed by atoms with Gasteiger partial charge < -0.3 is 10.1 Å². The number of benzene rings is 1. The van der Waals surface area contributed by atoms with Crippen LogP contribution < -0.4 is 10.1 Å². The van der Waals surface area contributed by atoms with Gasteiger partial charge in [-0.1, -0.05) is 36.4 Å². The molecule has 4 rings (SSSR count). The predicted octanol–water partition coefficient (Wildman–Crippen LogP) is 3.36. The molecule has 0 saturated carbocycles. The van der Waals surface area contributed by atoms with Crippen LogP contribution >= 0.6 is 11.8 Å². The summed E-state index contributed by atoms with van der Waals surface area (Å²) in [7, 11) is 1.70. The summed E-state index contributed by atoms with van der Waals surface area (Å²) in [5.41, 5.74) is 3.72. The number of carbonyl (C=O) groups is 1. The number of methoxy groups -OCH3 is 1. The highest BCUT2D eigenvalue weighted by Crippen LogP contribution is 2.31. The molecule has 33 heavy (non-hydrogen) atoms. The first-order valence-corrected chi connectivity index (χ1v) is 12.6. The molecule has 1 atom stereocenters. The number of aromatic nitrogens is 4. The SMILES string of the molecule is COc1ccccc1[C@H](CNC(=O)Cc1c(C)nc2nc(SC)nn2c1C)N1CCCCC1. The lowest BCUT2D eigenvalue weighted by molar-refractivity contribution is -0.120. The molecule has 2 aromatic heterocycles. The van der Waals surface area contributed by atoms with Crippen molar-refractivity contribution < 1.29 is 9.53 Å². The van der Waals surface area contributed by atoms with Crippen molar-refractivity contribution in [2.24, 2.45) is 0 Å². The first-order valence-electron chi connectivity index (χ1n) is 11.4. The third kappa shape index (κ3) is 5.14. The van der Waals surface area contributed by atoms with E-state index in [-0.39, 0.29) is 18.4 Å². The van der Waals surface area contributed by atoms with E-state index in [0.717, 1.165) is 41.4 Å². The van der Waals surface area contributed by atoms with E-state index in [1.54, 1.807) is 11.6 Å². The number of piperidine rings is 1. The van der Waals surface area contributed by atoms with Gasteiger partial charge in [-0.05, 0) is 52.1 Å². The number of aryl methyl sites for hydroxylation is 2. The van der Waals surface area contributed by atoms with Gasteiger partial charge in [0.2, 0.25) is 11.1 Å². The Kier molecular flexibility index (Phi) is 7.49. The Bertz CT molecular complexity index is 1130. The summed E-state index contributed by atoms with van der Waals surface area (Å²) < 4.78 is 7.37. The third-order valence-electron chi connectivity index (χ3n) is 6.37. The minimum absolute atomic E-state index is 0.0236. The van der Waals surface area contributed by atoms with E-state index in [2.05, 4.69) is 31.3 Å². The van der Waals surface area contributed by atoms with Crippen molar-refractivity contribution >= 4 is 23.4 Å². The maximum atomic E-state index is 13.0. The molecule has 0 unspecified atom stereocenters. The van der Waals surface area contributed by atoms with Crippen LogP contribution in [-0.4, -0.2) is 63.4 Å². The van der Waals surface area contributed by atoms with Crippen molar-refractivity contribution in [3.8, 4) is 5.75 Å². The molecule has 1 aromatic carbocycles. The minimum Gasteiger partial charge on any atom is -0.496 e. The molecular formula is C24H32N6O2S. The Morgan fingerprint density at radius 3 is 2.67 bits per heavy atom. The highest BCUT2D eigenvalue weighted by atomic mass is 32.2. The van der Waals surface area contributed by atoms with E-state index >= 15 is 0 Å². The molecule has 9 heteroatoms. The van der Waals surface area contributed by atoms with Crippen molar-refractivity contribution in [3.05, 3.63) is 46.8 Å². The zero-order chi connectivity index (χ0) is 23.4. The van der Waals surface area contributed by atoms with Gasteiger partial charge in [0.15, 0.2) is 0 Å². The van der Waals surface area contributed by atoms with Crippen LogP contribution in [0.4, 0.5) is 0 Å². The Hall–Kier alpha value is -2.65. The van der Waals surface area contributed by atoms with Crippen molar-refractivity contribution in [2.75, 3.05) is 33.0 Å². The molecule has 1 aliphatic rings. The number of likely N-dealkylation sites (tertiary alicyclic amines) is 1. The fraction of sp³-hybridized carbons (Fsp3) is 0.500. The summed E-state index contributed by atoms with van der Waals surface area (Å²) in [6, 6.07) is 8.18. The van der Waals surface area contributed by atoms with E-state index in [1.807, 2.05) is 38.3 Å². The lowest BCUT2D eigenvalue weighted by Gasteiger charge is -2.35. The summed E-state index contributed by atoms with van der Waals surface area (Å²) in [4.78, 5) is 24.5. The second kappa shape index (κ2) is 10.5. The van der Waals surface area contributed by atoms with Gasteiger partial charge in [0.25, 0.3) is 5.78 Å². The number of nitrogens with one attached hydrogen (secondary N) is 1. The smallest absolute Gasteiger partial charge is 0.253 e. The molecule has 1 saturated heterocycles. The van der Waals surface area contributed by atoms with E-state index in [9.17, 15) is 4.79 Å². The number of amides is 1. The summed E-state index contributed by atoms with van der Waals surface area (Å²) >= 11 is 1.48. The van der Waals surface area contributed by atoms with Crippen LogP contribution in [0.2, 0.25) is 0 Å². The van der Waals surface area contributed by atoms with Crippen LogP contribution in [-0.2, 0) is 11.2 Å². The zero-order valence-corrected chi connectivity index (χ0v) is 20.6. The number of ether oxygens (including phenoxy) is 1. The largest absolute Gasteiger partial charge is 0.496 e. The Morgan fingerprint density at radius 2 is 1.94 bits per heavy atom. The molecule has 1 N–H and O–H groups in total. The number of hydrogen-bond acceptors (Lipinski definition) is 7. The van der Waals surface area contributed by atoms with Crippen molar-refractivity contribution in [3.63, 3.8) is 0 Å². The van der Waals surface area contributed by atoms with Gasteiger partial charge in [-0.3, -0.25) is 9.69 Å². The van der Waals surface area contributed by atoms with Crippen molar-refractivity contribution in [2.45, 2.75) is 50.7 Å². The molecular weight excluding hydrogens is 436 g/mol.